The Kier molecular flexibility index (Phi) is 4.50. The van der Waals surface area contributed by atoms with Crippen molar-refractivity contribution in [3.63, 3.8) is 0 Å². The fraction of sp³-hybridized carbons (Fsp3) is 0.200. The number of morpholine rings is 1. The lowest BCUT2D eigenvalue weighted by molar-refractivity contribution is -0.0231. The molecule has 2 aromatic carbocycles. The number of amides is 1. The average Bonchev–Trinajstić information content (AvgIpc) is 3.19. The molecule has 0 saturated carbocycles. The van der Waals surface area contributed by atoms with E-state index in [0.717, 1.165) is 11.1 Å². The molecule has 1 amide bonds. The first kappa shape index (κ1) is 16.5. The second-order valence-electron chi connectivity index (χ2n) is 6.10. The van der Waals surface area contributed by atoms with Gasteiger partial charge in [0.2, 0.25) is 0 Å². The topological polar surface area (TPSA) is 55.6 Å². The van der Waals surface area contributed by atoms with Crippen molar-refractivity contribution in [2.75, 3.05) is 19.7 Å². The highest BCUT2D eigenvalue weighted by Crippen LogP contribution is 2.25. The third-order valence-electron chi connectivity index (χ3n) is 4.38. The van der Waals surface area contributed by atoms with Gasteiger partial charge in [-0.05, 0) is 17.7 Å². The van der Waals surface area contributed by atoms with E-state index in [1.54, 1.807) is 23.1 Å². The molecule has 0 bridgehead atoms. The fourth-order valence-corrected chi connectivity index (χ4v) is 2.99. The molecule has 4 rings (SSSR count). The Morgan fingerprint density at radius 3 is 2.65 bits per heavy atom. The Bertz CT molecular complexity index is 893. The molecule has 6 heteroatoms. The number of hydrogen-bond acceptors (Lipinski definition) is 4. The first-order valence-electron chi connectivity index (χ1n) is 8.39. The van der Waals surface area contributed by atoms with Gasteiger partial charge in [-0.15, -0.1) is 0 Å². The van der Waals surface area contributed by atoms with Gasteiger partial charge < -0.3 is 14.2 Å². The van der Waals surface area contributed by atoms with Crippen LogP contribution in [0.3, 0.4) is 0 Å². The molecule has 1 aliphatic heterocycles. The summed E-state index contributed by atoms with van der Waals surface area (Å²) in [6.07, 6.45) is -0.284. The SMILES string of the molecule is O=C(c1cc(-c2ccccc2)on1)N1CCOC(c2ccc(F)cc2)C1. The van der Waals surface area contributed by atoms with Crippen LogP contribution in [0.5, 0.6) is 0 Å². The van der Waals surface area contributed by atoms with Crippen LogP contribution in [-0.4, -0.2) is 35.7 Å². The summed E-state index contributed by atoms with van der Waals surface area (Å²) < 4.78 is 24.1. The summed E-state index contributed by atoms with van der Waals surface area (Å²) in [5.41, 5.74) is 1.97. The van der Waals surface area contributed by atoms with Gasteiger partial charge in [-0.25, -0.2) is 4.39 Å². The van der Waals surface area contributed by atoms with Crippen molar-refractivity contribution < 1.29 is 18.4 Å². The fourth-order valence-electron chi connectivity index (χ4n) is 2.99. The van der Waals surface area contributed by atoms with Crippen LogP contribution in [0.2, 0.25) is 0 Å². The summed E-state index contributed by atoms with van der Waals surface area (Å²) in [7, 11) is 0. The number of carbonyl (C=O) groups is 1. The molecule has 5 nitrogen and oxygen atoms in total. The number of halogens is 1. The highest BCUT2D eigenvalue weighted by molar-refractivity contribution is 5.93. The zero-order valence-corrected chi connectivity index (χ0v) is 14.0. The smallest absolute Gasteiger partial charge is 0.276 e. The Balaban J connectivity index is 1.49. The summed E-state index contributed by atoms with van der Waals surface area (Å²) in [5, 5.41) is 3.92. The number of aromatic nitrogens is 1. The first-order chi connectivity index (χ1) is 12.7. The number of ether oxygens (including phenoxy) is 1. The minimum absolute atomic E-state index is 0.202. The lowest BCUT2D eigenvalue weighted by Gasteiger charge is -2.32. The highest BCUT2D eigenvalue weighted by atomic mass is 19.1. The lowest BCUT2D eigenvalue weighted by atomic mass is 10.1. The van der Waals surface area contributed by atoms with Crippen LogP contribution < -0.4 is 0 Å². The van der Waals surface area contributed by atoms with E-state index in [1.807, 2.05) is 30.3 Å². The second kappa shape index (κ2) is 7.09. The normalized spacial score (nSPS) is 17.3. The van der Waals surface area contributed by atoms with E-state index in [2.05, 4.69) is 5.16 Å². The molecule has 2 heterocycles. The molecule has 0 N–H and O–H groups in total. The summed E-state index contributed by atoms with van der Waals surface area (Å²) in [6, 6.07) is 17.3. The second-order valence-corrected chi connectivity index (χ2v) is 6.10. The van der Waals surface area contributed by atoms with Gasteiger partial charge in [0.25, 0.3) is 5.91 Å². The summed E-state index contributed by atoms with van der Waals surface area (Å²) >= 11 is 0. The van der Waals surface area contributed by atoms with Crippen molar-refractivity contribution in [3.05, 3.63) is 77.7 Å². The molecule has 1 aliphatic rings. The Morgan fingerprint density at radius 2 is 1.88 bits per heavy atom. The first-order valence-corrected chi connectivity index (χ1v) is 8.39. The van der Waals surface area contributed by atoms with Crippen molar-refractivity contribution in [1.82, 2.24) is 10.1 Å². The molecule has 1 unspecified atom stereocenters. The number of nitrogens with zero attached hydrogens (tertiary/aromatic N) is 2. The maximum absolute atomic E-state index is 13.1. The Hall–Kier alpha value is -2.99. The molecule has 0 radical (unpaired) electrons. The minimum atomic E-state index is -0.298. The Labute approximate surface area is 150 Å². The van der Waals surface area contributed by atoms with E-state index in [4.69, 9.17) is 9.26 Å². The van der Waals surface area contributed by atoms with Crippen molar-refractivity contribution in [1.29, 1.82) is 0 Å². The molecule has 132 valence electrons. The minimum Gasteiger partial charge on any atom is -0.370 e. The van der Waals surface area contributed by atoms with Crippen molar-refractivity contribution in [2.24, 2.45) is 0 Å². The van der Waals surface area contributed by atoms with Crippen molar-refractivity contribution in [3.8, 4) is 11.3 Å². The average molecular weight is 352 g/mol. The van der Waals surface area contributed by atoms with Gasteiger partial charge in [-0.2, -0.15) is 0 Å². The van der Waals surface area contributed by atoms with Crippen LogP contribution in [0.1, 0.15) is 22.2 Å². The third kappa shape index (κ3) is 3.36. The summed E-state index contributed by atoms with van der Waals surface area (Å²) in [5.74, 6) is 0.0529. The molecular formula is C20H17FN2O3. The molecule has 0 aliphatic carbocycles. The molecule has 1 aromatic heterocycles. The van der Waals surface area contributed by atoms with E-state index in [9.17, 15) is 9.18 Å². The maximum Gasteiger partial charge on any atom is 0.276 e. The summed E-state index contributed by atoms with van der Waals surface area (Å²) in [4.78, 5) is 14.4. The van der Waals surface area contributed by atoms with Gasteiger partial charge in [-0.1, -0.05) is 47.6 Å². The maximum atomic E-state index is 13.1. The zero-order valence-electron chi connectivity index (χ0n) is 14.0. The zero-order chi connectivity index (χ0) is 17.9. The summed E-state index contributed by atoms with van der Waals surface area (Å²) in [6.45, 7) is 1.28. The van der Waals surface area contributed by atoms with Gasteiger partial charge in [0.05, 0.1) is 13.2 Å². The number of benzene rings is 2. The number of carbonyl (C=O) groups excluding carboxylic acids is 1. The van der Waals surface area contributed by atoms with Gasteiger partial charge in [-0.3, -0.25) is 4.79 Å². The van der Waals surface area contributed by atoms with Crippen molar-refractivity contribution in [2.45, 2.75) is 6.10 Å². The van der Waals surface area contributed by atoms with Crippen LogP contribution in [-0.2, 0) is 4.74 Å². The van der Waals surface area contributed by atoms with Gasteiger partial charge >= 0.3 is 0 Å². The van der Waals surface area contributed by atoms with Crippen LogP contribution in [0.15, 0.2) is 65.2 Å². The standard InChI is InChI=1S/C20H17FN2O3/c21-16-8-6-15(7-9-16)19-13-23(10-11-25-19)20(24)17-12-18(26-22-17)14-4-2-1-3-5-14/h1-9,12,19H,10-11,13H2. The van der Waals surface area contributed by atoms with E-state index in [0.29, 0.717) is 25.5 Å². The van der Waals surface area contributed by atoms with E-state index in [1.165, 1.54) is 12.1 Å². The monoisotopic (exact) mass is 352 g/mol. The molecular weight excluding hydrogens is 335 g/mol. The predicted molar refractivity (Wildman–Crippen MR) is 92.9 cm³/mol. The van der Waals surface area contributed by atoms with Gasteiger partial charge in [0, 0.05) is 18.2 Å². The van der Waals surface area contributed by atoms with Crippen LogP contribution >= 0.6 is 0 Å². The molecule has 1 fully saturated rings. The van der Waals surface area contributed by atoms with E-state index >= 15 is 0 Å². The number of hydrogen-bond donors (Lipinski definition) is 0. The molecule has 0 spiro atoms. The van der Waals surface area contributed by atoms with Crippen molar-refractivity contribution >= 4 is 5.91 Å². The lowest BCUT2D eigenvalue weighted by Crippen LogP contribution is -2.42. The van der Waals surface area contributed by atoms with Gasteiger partial charge in [0.15, 0.2) is 11.5 Å². The molecule has 1 saturated heterocycles. The number of rotatable bonds is 3. The quantitative estimate of drug-likeness (QED) is 0.721. The predicted octanol–water partition coefficient (Wildman–Crippen LogP) is 3.69. The van der Waals surface area contributed by atoms with Crippen LogP contribution in [0.4, 0.5) is 4.39 Å². The van der Waals surface area contributed by atoms with E-state index < -0.39 is 0 Å². The van der Waals surface area contributed by atoms with Crippen LogP contribution in [0.25, 0.3) is 11.3 Å². The molecule has 26 heavy (non-hydrogen) atoms. The van der Waals surface area contributed by atoms with Gasteiger partial charge in [0.1, 0.15) is 11.9 Å². The largest absolute Gasteiger partial charge is 0.370 e. The van der Waals surface area contributed by atoms with Crippen LogP contribution in [0, 0.1) is 5.82 Å². The van der Waals surface area contributed by atoms with E-state index in [-0.39, 0.29) is 23.5 Å². The Morgan fingerprint density at radius 1 is 1.12 bits per heavy atom. The molecule has 3 aromatic rings. The molecule has 1 atom stereocenters. The highest BCUT2D eigenvalue weighted by Gasteiger charge is 2.28. The third-order valence-corrected chi connectivity index (χ3v) is 4.38.